The van der Waals surface area contributed by atoms with Crippen LogP contribution in [0.5, 0.6) is 5.75 Å². The molecule has 0 radical (unpaired) electrons. The number of benzene rings is 2. The van der Waals surface area contributed by atoms with Crippen molar-refractivity contribution < 1.29 is 18.7 Å². The first-order valence-electron chi connectivity index (χ1n) is 9.91. The highest BCUT2D eigenvalue weighted by Gasteiger charge is 2.17. The van der Waals surface area contributed by atoms with E-state index in [0.29, 0.717) is 47.6 Å². The van der Waals surface area contributed by atoms with Crippen LogP contribution in [0.1, 0.15) is 23.2 Å². The van der Waals surface area contributed by atoms with Gasteiger partial charge in [0.15, 0.2) is 5.82 Å². The molecule has 9 heteroatoms. The third kappa shape index (κ3) is 5.13. The van der Waals surface area contributed by atoms with Gasteiger partial charge in [0.2, 0.25) is 5.95 Å². The van der Waals surface area contributed by atoms with E-state index in [2.05, 4.69) is 25.6 Å². The minimum atomic E-state index is -0.408. The van der Waals surface area contributed by atoms with Crippen molar-refractivity contribution >= 4 is 17.5 Å². The number of nitrogens with one attached hydrogen (secondary N) is 2. The normalized spacial score (nSPS) is 14.1. The molecule has 0 saturated carbocycles. The Labute approximate surface area is 178 Å². The van der Waals surface area contributed by atoms with Crippen LogP contribution in [0.25, 0.3) is 11.4 Å². The Morgan fingerprint density at radius 3 is 2.65 bits per heavy atom. The Morgan fingerprint density at radius 1 is 1.13 bits per heavy atom. The smallest absolute Gasteiger partial charge is 0.251 e. The maximum absolute atomic E-state index is 13.5. The Kier molecular flexibility index (Phi) is 6.32. The number of ether oxygens (including phenoxy) is 2. The lowest BCUT2D eigenvalue weighted by molar-refractivity contribution is 0.0696. The fourth-order valence-corrected chi connectivity index (χ4v) is 3.28. The molecule has 1 amide bonds. The predicted octanol–water partition coefficient (Wildman–Crippen LogP) is 3.34. The largest absolute Gasteiger partial charge is 0.496 e. The molecule has 31 heavy (non-hydrogen) atoms. The first-order valence-corrected chi connectivity index (χ1v) is 9.91. The maximum atomic E-state index is 13.5. The molecule has 1 aliphatic heterocycles. The summed E-state index contributed by atoms with van der Waals surface area (Å²) in [5.41, 5.74) is 1.84. The molecule has 0 atom stereocenters. The van der Waals surface area contributed by atoms with Crippen LogP contribution in [-0.4, -0.2) is 47.2 Å². The van der Waals surface area contributed by atoms with Gasteiger partial charge in [0.05, 0.1) is 12.7 Å². The highest BCUT2D eigenvalue weighted by molar-refractivity contribution is 5.94. The Morgan fingerprint density at radius 2 is 1.90 bits per heavy atom. The summed E-state index contributed by atoms with van der Waals surface area (Å²) in [5, 5.41) is 6.12. The first kappa shape index (κ1) is 20.7. The van der Waals surface area contributed by atoms with Crippen molar-refractivity contribution in [2.75, 3.05) is 25.6 Å². The average Bonchev–Trinajstić information content (AvgIpc) is 2.80. The molecule has 160 valence electrons. The van der Waals surface area contributed by atoms with Crippen LogP contribution >= 0.6 is 0 Å². The zero-order chi connectivity index (χ0) is 21.6. The summed E-state index contributed by atoms with van der Waals surface area (Å²) in [6.45, 7) is 1.34. The molecule has 2 aromatic carbocycles. The lowest BCUT2D eigenvalue weighted by Gasteiger charge is -2.23. The molecule has 3 aromatic rings. The van der Waals surface area contributed by atoms with Gasteiger partial charge in [-0.15, -0.1) is 0 Å². The van der Waals surface area contributed by atoms with Crippen molar-refractivity contribution in [1.82, 2.24) is 20.3 Å². The number of nitrogens with zero attached hydrogens (tertiary/aromatic N) is 3. The van der Waals surface area contributed by atoms with Gasteiger partial charge in [-0.25, -0.2) is 14.4 Å². The molecule has 2 heterocycles. The highest BCUT2D eigenvalue weighted by atomic mass is 19.1. The van der Waals surface area contributed by atoms with Gasteiger partial charge in [-0.1, -0.05) is 0 Å². The van der Waals surface area contributed by atoms with E-state index in [-0.39, 0.29) is 11.9 Å². The quantitative estimate of drug-likeness (QED) is 0.627. The molecule has 0 unspecified atom stereocenters. The molecule has 1 aliphatic rings. The number of hydrogen-bond donors (Lipinski definition) is 2. The molecular weight excluding hydrogens is 401 g/mol. The predicted molar refractivity (Wildman–Crippen MR) is 113 cm³/mol. The molecule has 4 rings (SSSR count). The highest BCUT2D eigenvalue weighted by Crippen LogP contribution is 2.28. The van der Waals surface area contributed by atoms with E-state index in [1.165, 1.54) is 25.6 Å². The van der Waals surface area contributed by atoms with E-state index in [4.69, 9.17) is 9.47 Å². The molecular formula is C22H22FN5O3. The molecule has 0 aliphatic carbocycles. The molecule has 1 aromatic heterocycles. The third-order valence-corrected chi connectivity index (χ3v) is 4.94. The number of aromatic nitrogens is 3. The van der Waals surface area contributed by atoms with Gasteiger partial charge in [-0.3, -0.25) is 4.79 Å². The first-order chi connectivity index (χ1) is 15.1. The third-order valence-electron chi connectivity index (χ3n) is 4.94. The lowest BCUT2D eigenvalue weighted by atomic mass is 10.1. The molecule has 0 bridgehead atoms. The fourth-order valence-electron chi connectivity index (χ4n) is 3.28. The molecule has 2 N–H and O–H groups in total. The molecule has 8 nitrogen and oxygen atoms in total. The van der Waals surface area contributed by atoms with E-state index in [9.17, 15) is 9.18 Å². The van der Waals surface area contributed by atoms with Crippen LogP contribution in [0.15, 0.2) is 48.8 Å². The van der Waals surface area contributed by atoms with Gasteiger partial charge < -0.3 is 20.1 Å². The van der Waals surface area contributed by atoms with Crippen LogP contribution in [0.3, 0.4) is 0 Å². The van der Waals surface area contributed by atoms with Gasteiger partial charge in [0.25, 0.3) is 5.91 Å². The topological polar surface area (TPSA) is 98.3 Å². The summed E-state index contributed by atoms with van der Waals surface area (Å²) >= 11 is 0. The minimum Gasteiger partial charge on any atom is -0.496 e. The number of hydrogen-bond acceptors (Lipinski definition) is 7. The van der Waals surface area contributed by atoms with Gasteiger partial charge in [0.1, 0.15) is 17.9 Å². The lowest BCUT2D eigenvalue weighted by Crippen LogP contribution is -2.38. The summed E-state index contributed by atoms with van der Waals surface area (Å²) in [7, 11) is 1.46. The van der Waals surface area contributed by atoms with Crippen molar-refractivity contribution in [3.8, 4) is 17.1 Å². The van der Waals surface area contributed by atoms with Gasteiger partial charge >= 0.3 is 0 Å². The van der Waals surface area contributed by atoms with Gasteiger partial charge in [-0.2, -0.15) is 4.98 Å². The van der Waals surface area contributed by atoms with Gasteiger partial charge in [-0.05, 0) is 49.2 Å². The van der Waals surface area contributed by atoms with Crippen molar-refractivity contribution in [1.29, 1.82) is 0 Å². The number of carbonyl (C=O) groups excluding carboxylic acids is 1. The van der Waals surface area contributed by atoms with Crippen molar-refractivity contribution in [3.05, 3.63) is 60.2 Å². The second-order valence-electron chi connectivity index (χ2n) is 7.04. The second kappa shape index (κ2) is 9.48. The number of carbonyl (C=O) groups is 1. The number of methoxy groups -OCH3 is 1. The van der Waals surface area contributed by atoms with Crippen molar-refractivity contribution in [2.24, 2.45) is 0 Å². The standard InChI is InChI=1S/C22H22FN5O3/c1-30-19-12-15(23)4-7-18(19)20-24-13-25-22(28-20)27-16-5-2-14(3-6-16)21(29)26-17-8-10-31-11-9-17/h2-7,12-13,17H,8-11H2,1H3,(H,26,29)(H,24,25,27,28). The Bertz CT molecular complexity index is 1060. The summed E-state index contributed by atoms with van der Waals surface area (Å²) in [4.78, 5) is 25.1. The fraction of sp³-hybridized carbons (Fsp3) is 0.273. The molecule has 1 fully saturated rings. The summed E-state index contributed by atoms with van der Waals surface area (Å²) in [5.74, 6) is 0.480. The summed E-state index contributed by atoms with van der Waals surface area (Å²) in [6, 6.07) is 11.3. The van der Waals surface area contributed by atoms with Crippen molar-refractivity contribution in [3.63, 3.8) is 0 Å². The van der Waals surface area contributed by atoms with E-state index in [1.54, 1.807) is 30.3 Å². The summed E-state index contributed by atoms with van der Waals surface area (Å²) in [6.07, 6.45) is 3.01. The van der Waals surface area contributed by atoms with Crippen LogP contribution in [0, 0.1) is 5.82 Å². The second-order valence-corrected chi connectivity index (χ2v) is 7.04. The average molecular weight is 423 g/mol. The SMILES string of the molecule is COc1cc(F)ccc1-c1ncnc(Nc2ccc(C(=O)NC3CCOCC3)cc2)n1. The van der Waals surface area contributed by atoms with Crippen LogP contribution in [0.2, 0.25) is 0 Å². The number of anilines is 2. The maximum Gasteiger partial charge on any atom is 0.251 e. The molecule has 0 spiro atoms. The monoisotopic (exact) mass is 423 g/mol. The van der Waals surface area contributed by atoms with Crippen molar-refractivity contribution in [2.45, 2.75) is 18.9 Å². The van der Waals surface area contributed by atoms with Gasteiger partial charge in [0, 0.05) is 36.6 Å². The minimum absolute atomic E-state index is 0.107. The Balaban J connectivity index is 1.45. The number of rotatable bonds is 6. The van der Waals surface area contributed by atoms with Crippen LogP contribution in [-0.2, 0) is 4.74 Å². The van der Waals surface area contributed by atoms with Crippen LogP contribution < -0.4 is 15.4 Å². The van der Waals surface area contributed by atoms with Crippen LogP contribution in [0.4, 0.5) is 16.0 Å². The zero-order valence-corrected chi connectivity index (χ0v) is 17.0. The molecule has 1 saturated heterocycles. The van der Waals surface area contributed by atoms with E-state index >= 15 is 0 Å². The van der Waals surface area contributed by atoms with E-state index in [0.717, 1.165) is 12.8 Å². The number of halogens is 1. The number of amides is 1. The van der Waals surface area contributed by atoms with E-state index in [1.807, 2.05) is 0 Å². The summed E-state index contributed by atoms with van der Waals surface area (Å²) < 4.78 is 24.0. The van der Waals surface area contributed by atoms with E-state index < -0.39 is 5.82 Å². The zero-order valence-electron chi connectivity index (χ0n) is 17.0. The Hall–Kier alpha value is -3.59.